The molecular formula is C16H22O2. The molecule has 18 heavy (non-hydrogen) atoms. The van der Waals surface area contributed by atoms with Crippen molar-refractivity contribution >= 4 is 6.08 Å². The van der Waals surface area contributed by atoms with Crippen molar-refractivity contribution in [2.75, 3.05) is 6.61 Å². The van der Waals surface area contributed by atoms with Crippen molar-refractivity contribution in [3.63, 3.8) is 0 Å². The first kappa shape index (κ1) is 13.2. The largest absolute Gasteiger partial charge is 0.462 e. The van der Waals surface area contributed by atoms with Crippen LogP contribution in [0.15, 0.2) is 30.8 Å². The lowest BCUT2D eigenvalue weighted by atomic mass is 9.94. The summed E-state index contributed by atoms with van der Waals surface area (Å²) in [6.45, 7) is 6.48. The van der Waals surface area contributed by atoms with Gasteiger partial charge in [-0.1, -0.05) is 31.2 Å². The van der Waals surface area contributed by atoms with Crippen LogP contribution in [0.2, 0.25) is 0 Å². The molecule has 0 amide bonds. The lowest BCUT2D eigenvalue weighted by Gasteiger charge is -2.37. The van der Waals surface area contributed by atoms with E-state index < -0.39 is 5.79 Å². The molecule has 0 aromatic heterocycles. The molecule has 0 spiro atoms. The molecule has 1 aromatic carbocycles. The van der Waals surface area contributed by atoms with E-state index in [1.165, 1.54) is 19.3 Å². The normalized spacial score (nSPS) is 18.3. The zero-order chi connectivity index (χ0) is 12.8. The maximum atomic E-state index is 6.13. The van der Waals surface area contributed by atoms with Crippen LogP contribution in [0.25, 0.3) is 6.08 Å². The molecule has 1 aliphatic rings. The second kappa shape index (κ2) is 6.05. The van der Waals surface area contributed by atoms with Gasteiger partial charge in [-0.15, -0.1) is 0 Å². The third-order valence-electron chi connectivity index (χ3n) is 3.44. The molecule has 0 saturated heterocycles. The molecule has 0 radical (unpaired) electrons. The minimum absolute atomic E-state index is 0.400. The molecule has 0 heterocycles. The van der Waals surface area contributed by atoms with Crippen LogP contribution in [0.5, 0.6) is 5.75 Å². The Morgan fingerprint density at radius 2 is 1.83 bits per heavy atom. The molecule has 0 atom stereocenters. The lowest BCUT2D eigenvalue weighted by molar-refractivity contribution is -0.198. The first-order valence-electron chi connectivity index (χ1n) is 6.83. The van der Waals surface area contributed by atoms with Gasteiger partial charge in [0, 0.05) is 19.4 Å². The maximum Gasteiger partial charge on any atom is 0.210 e. The van der Waals surface area contributed by atoms with Crippen LogP contribution in [0, 0.1) is 0 Å². The highest BCUT2D eigenvalue weighted by Crippen LogP contribution is 2.34. The van der Waals surface area contributed by atoms with Crippen LogP contribution in [-0.2, 0) is 4.74 Å². The monoisotopic (exact) mass is 246 g/mol. The predicted octanol–water partition coefficient (Wildman–Crippen LogP) is 4.41. The van der Waals surface area contributed by atoms with Crippen LogP contribution >= 0.6 is 0 Å². The Morgan fingerprint density at radius 1 is 1.17 bits per heavy atom. The van der Waals surface area contributed by atoms with Crippen LogP contribution < -0.4 is 4.74 Å². The van der Waals surface area contributed by atoms with E-state index in [9.17, 15) is 0 Å². The van der Waals surface area contributed by atoms with Gasteiger partial charge in [0.25, 0.3) is 0 Å². The van der Waals surface area contributed by atoms with E-state index in [0.717, 1.165) is 24.2 Å². The lowest BCUT2D eigenvalue weighted by Crippen LogP contribution is -2.41. The molecule has 1 fully saturated rings. The van der Waals surface area contributed by atoms with Crippen molar-refractivity contribution in [2.24, 2.45) is 0 Å². The molecule has 0 N–H and O–H groups in total. The summed E-state index contributed by atoms with van der Waals surface area (Å²) in [6, 6.07) is 8.02. The average Bonchev–Trinajstić information content (AvgIpc) is 2.41. The summed E-state index contributed by atoms with van der Waals surface area (Å²) in [6.07, 6.45) is 7.47. The summed E-state index contributed by atoms with van der Waals surface area (Å²) in [5.41, 5.74) is 1.11. The maximum absolute atomic E-state index is 6.13. The summed E-state index contributed by atoms with van der Waals surface area (Å²) >= 11 is 0. The molecule has 2 heteroatoms. The third kappa shape index (κ3) is 3.14. The Balaban J connectivity index is 2.09. The Labute approximate surface area is 110 Å². The first-order valence-corrected chi connectivity index (χ1v) is 6.83. The van der Waals surface area contributed by atoms with Crippen molar-refractivity contribution in [3.8, 4) is 5.75 Å². The predicted molar refractivity (Wildman–Crippen MR) is 74.6 cm³/mol. The van der Waals surface area contributed by atoms with Gasteiger partial charge in [-0.05, 0) is 37.5 Å². The quantitative estimate of drug-likeness (QED) is 0.717. The molecule has 2 rings (SSSR count). The zero-order valence-electron chi connectivity index (χ0n) is 11.2. The standard InChI is InChI=1S/C16H22O2/c1-3-14-8-10-15(11-9-14)18-16(17-4-2)12-6-5-7-13-16/h3,8-11H,1,4-7,12-13H2,2H3. The number of hydrogen-bond donors (Lipinski definition) is 0. The Morgan fingerprint density at radius 3 is 2.39 bits per heavy atom. The van der Waals surface area contributed by atoms with Gasteiger partial charge < -0.3 is 9.47 Å². The molecule has 0 aliphatic heterocycles. The number of rotatable bonds is 5. The van der Waals surface area contributed by atoms with Gasteiger partial charge in [0.15, 0.2) is 0 Å². The van der Waals surface area contributed by atoms with Gasteiger partial charge >= 0.3 is 0 Å². The Bertz CT molecular complexity index is 369. The Kier molecular flexibility index (Phi) is 4.43. The Hall–Kier alpha value is -1.28. The van der Waals surface area contributed by atoms with Crippen molar-refractivity contribution in [1.29, 1.82) is 0 Å². The summed E-state index contributed by atoms with van der Waals surface area (Å²) in [7, 11) is 0. The van der Waals surface area contributed by atoms with Crippen molar-refractivity contribution < 1.29 is 9.47 Å². The van der Waals surface area contributed by atoms with Crippen molar-refractivity contribution in [1.82, 2.24) is 0 Å². The van der Waals surface area contributed by atoms with Gasteiger partial charge in [0.1, 0.15) is 5.75 Å². The van der Waals surface area contributed by atoms with Gasteiger partial charge in [0.05, 0.1) is 0 Å². The summed E-state index contributed by atoms with van der Waals surface area (Å²) in [5, 5.41) is 0. The smallest absolute Gasteiger partial charge is 0.210 e. The minimum Gasteiger partial charge on any atom is -0.462 e. The van der Waals surface area contributed by atoms with Crippen LogP contribution in [0.4, 0.5) is 0 Å². The fourth-order valence-corrected chi connectivity index (χ4v) is 2.52. The SMILES string of the molecule is C=Cc1ccc(OC2(OCC)CCCCC2)cc1. The molecule has 1 aromatic rings. The van der Waals surface area contributed by atoms with E-state index in [4.69, 9.17) is 9.47 Å². The van der Waals surface area contributed by atoms with E-state index in [1.54, 1.807) is 0 Å². The van der Waals surface area contributed by atoms with Gasteiger partial charge in [-0.3, -0.25) is 0 Å². The number of ether oxygens (including phenoxy) is 2. The van der Waals surface area contributed by atoms with Gasteiger partial charge in [-0.25, -0.2) is 0 Å². The molecular weight excluding hydrogens is 224 g/mol. The second-order valence-corrected chi connectivity index (χ2v) is 4.78. The minimum atomic E-state index is -0.400. The topological polar surface area (TPSA) is 18.5 Å². The summed E-state index contributed by atoms with van der Waals surface area (Å²) < 4.78 is 12.0. The molecule has 0 bridgehead atoms. The first-order chi connectivity index (χ1) is 8.78. The second-order valence-electron chi connectivity index (χ2n) is 4.78. The van der Waals surface area contributed by atoms with Crippen molar-refractivity contribution in [2.45, 2.75) is 44.8 Å². The fraction of sp³-hybridized carbons (Fsp3) is 0.500. The highest BCUT2D eigenvalue weighted by atomic mass is 16.7. The van der Waals surface area contributed by atoms with Crippen LogP contribution in [-0.4, -0.2) is 12.4 Å². The zero-order valence-corrected chi connectivity index (χ0v) is 11.2. The van der Waals surface area contributed by atoms with E-state index >= 15 is 0 Å². The van der Waals surface area contributed by atoms with Gasteiger partial charge in [-0.2, -0.15) is 0 Å². The van der Waals surface area contributed by atoms with Crippen LogP contribution in [0.3, 0.4) is 0 Å². The highest BCUT2D eigenvalue weighted by Gasteiger charge is 2.34. The third-order valence-corrected chi connectivity index (χ3v) is 3.44. The fourth-order valence-electron chi connectivity index (χ4n) is 2.52. The molecule has 2 nitrogen and oxygen atoms in total. The van der Waals surface area contributed by atoms with Gasteiger partial charge in [0.2, 0.25) is 5.79 Å². The highest BCUT2D eigenvalue weighted by molar-refractivity contribution is 5.48. The van der Waals surface area contributed by atoms with E-state index in [1.807, 2.05) is 37.3 Å². The number of benzene rings is 1. The molecule has 1 aliphatic carbocycles. The molecule has 98 valence electrons. The van der Waals surface area contributed by atoms with Crippen molar-refractivity contribution in [3.05, 3.63) is 36.4 Å². The van der Waals surface area contributed by atoms with E-state index in [2.05, 4.69) is 6.58 Å². The summed E-state index contributed by atoms with van der Waals surface area (Å²) in [5.74, 6) is 0.485. The summed E-state index contributed by atoms with van der Waals surface area (Å²) in [4.78, 5) is 0. The molecule has 1 saturated carbocycles. The van der Waals surface area contributed by atoms with E-state index in [-0.39, 0.29) is 0 Å². The number of hydrogen-bond acceptors (Lipinski definition) is 2. The average molecular weight is 246 g/mol. The van der Waals surface area contributed by atoms with Crippen LogP contribution in [0.1, 0.15) is 44.6 Å². The molecule has 0 unspecified atom stereocenters. The van der Waals surface area contributed by atoms with E-state index in [0.29, 0.717) is 6.61 Å².